The summed E-state index contributed by atoms with van der Waals surface area (Å²) in [6.07, 6.45) is 3.26. The van der Waals surface area contributed by atoms with Crippen LogP contribution in [0.2, 0.25) is 0 Å². The number of amides is 1. The highest BCUT2D eigenvalue weighted by Crippen LogP contribution is 2.30. The molecule has 1 N–H and O–H groups in total. The van der Waals surface area contributed by atoms with Gasteiger partial charge >= 0.3 is 0 Å². The molecule has 2 aromatic rings. The highest BCUT2D eigenvalue weighted by Gasteiger charge is 2.26. The number of Topliss-reactive ketones (excluding diaryl/α,β-unsaturated/α-hetero) is 1. The zero-order valence-electron chi connectivity index (χ0n) is 16.1. The van der Waals surface area contributed by atoms with Crippen LogP contribution in [-0.4, -0.2) is 49.3 Å². The molecule has 2 fully saturated rings. The van der Waals surface area contributed by atoms with Crippen LogP contribution in [0.5, 0.6) is 0 Å². The Labute approximate surface area is 170 Å². The average Bonchev–Trinajstić information content (AvgIpc) is 3.35. The number of rotatable bonds is 8. The van der Waals surface area contributed by atoms with Gasteiger partial charge in [0, 0.05) is 56.9 Å². The Morgan fingerprint density at radius 2 is 1.86 bits per heavy atom. The fourth-order valence-corrected chi connectivity index (χ4v) is 4.34. The number of benzene rings is 1. The van der Waals surface area contributed by atoms with Crippen molar-refractivity contribution in [3.8, 4) is 0 Å². The second-order valence-electron chi connectivity index (χ2n) is 7.73. The lowest BCUT2D eigenvalue weighted by atomic mass is 10.1. The molecule has 1 aromatic carbocycles. The van der Waals surface area contributed by atoms with Gasteiger partial charge in [-0.2, -0.15) is 0 Å². The van der Waals surface area contributed by atoms with Crippen molar-refractivity contribution in [3.63, 3.8) is 0 Å². The van der Waals surface area contributed by atoms with Gasteiger partial charge in [0.15, 0.2) is 5.78 Å². The van der Waals surface area contributed by atoms with E-state index in [0.29, 0.717) is 0 Å². The van der Waals surface area contributed by atoms with Crippen molar-refractivity contribution in [1.29, 1.82) is 0 Å². The summed E-state index contributed by atoms with van der Waals surface area (Å²) in [4.78, 5) is 30.0. The topological polar surface area (TPSA) is 52.7 Å². The third kappa shape index (κ3) is 5.20. The highest BCUT2D eigenvalue weighted by atomic mass is 32.1. The minimum atomic E-state index is -0.115. The number of piperazine rings is 1. The van der Waals surface area contributed by atoms with Crippen molar-refractivity contribution in [2.45, 2.75) is 25.7 Å². The van der Waals surface area contributed by atoms with Gasteiger partial charge in [-0.25, -0.2) is 0 Å². The smallest absolute Gasteiger partial charge is 0.224 e. The molecule has 0 spiro atoms. The Morgan fingerprint density at radius 3 is 2.57 bits per heavy atom. The molecular formula is C22H27N3O2S. The molecular weight excluding hydrogens is 370 g/mol. The summed E-state index contributed by atoms with van der Waals surface area (Å²) in [5, 5.41) is 4.82. The fourth-order valence-electron chi connectivity index (χ4n) is 3.65. The SMILES string of the molecule is O=C(CCC(=O)c1cccs1)Nc1cccc(N2CCN(CC3CC3)CC2)c1. The van der Waals surface area contributed by atoms with Crippen molar-refractivity contribution in [2.24, 2.45) is 5.92 Å². The van der Waals surface area contributed by atoms with Gasteiger partial charge in [0.1, 0.15) is 0 Å². The first-order chi connectivity index (χ1) is 13.7. The predicted octanol–water partition coefficient (Wildman–Crippen LogP) is 3.88. The highest BCUT2D eigenvalue weighted by molar-refractivity contribution is 7.12. The normalized spacial score (nSPS) is 17.5. The number of nitrogens with zero attached hydrogens (tertiary/aromatic N) is 2. The van der Waals surface area contributed by atoms with Gasteiger partial charge in [0.05, 0.1) is 4.88 Å². The number of hydrogen-bond acceptors (Lipinski definition) is 5. The van der Waals surface area contributed by atoms with Crippen molar-refractivity contribution >= 4 is 34.4 Å². The monoisotopic (exact) mass is 397 g/mol. The van der Waals surface area contributed by atoms with Gasteiger partial charge in [0.2, 0.25) is 5.91 Å². The Balaban J connectivity index is 1.26. The van der Waals surface area contributed by atoms with Crippen LogP contribution in [0.15, 0.2) is 41.8 Å². The molecule has 1 aromatic heterocycles. The number of carbonyl (C=O) groups excluding carboxylic acids is 2. The van der Waals surface area contributed by atoms with Crippen LogP contribution in [0.25, 0.3) is 0 Å². The number of hydrogen-bond donors (Lipinski definition) is 1. The summed E-state index contributed by atoms with van der Waals surface area (Å²) in [5.41, 5.74) is 1.95. The van der Waals surface area contributed by atoms with Crippen molar-refractivity contribution in [1.82, 2.24) is 4.90 Å². The second kappa shape index (κ2) is 8.88. The molecule has 1 amide bonds. The van der Waals surface area contributed by atoms with E-state index >= 15 is 0 Å². The van der Waals surface area contributed by atoms with E-state index < -0.39 is 0 Å². The molecule has 1 aliphatic heterocycles. The largest absolute Gasteiger partial charge is 0.369 e. The van der Waals surface area contributed by atoms with Crippen LogP contribution in [-0.2, 0) is 4.79 Å². The molecule has 28 heavy (non-hydrogen) atoms. The van der Waals surface area contributed by atoms with Crippen LogP contribution >= 0.6 is 11.3 Å². The third-order valence-corrected chi connectivity index (χ3v) is 6.37. The van der Waals surface area contributed by atoms with Crippen molar-refractivity contribution in [2.75, 3.05) is 42.9 Å². The molecule has 2 aliphatic rings. The van der Waals surface area contributed by atoms with Gasteiger partial charge in [-0.1, -0.05) is 12.1 Å². The Kier molecular flexibility index (Phi) is 6.07. The summed E-state index contributed by atoms with van der Waals surface area (Å²) in [6, 6.07) is 11.7. The molecule has 0 unspecified atom stereocenters. The number of thiophene rings is 1. The van der Waals surface area contributed by atoms with Gasteiger partial charge in [-0.15, -0.1) is 11.3 Å². The lowest BCUT2D eigenvalue weighted by Crippen LogP contribution is -2.47. The minimum Gasteiger partial charge on any atom is -0.369 e. The molecule has 0 radical (unpaired) electrons. The standard InChI is InChI=1S/C22H27N3O2S/c26-20(21-5-2-14-28-21)8-9-22(27)23-18-3-1-4-19(15-18)25-12-10-24(11-13-25)16-17-6-7-17/h1-5,14-15,17H,6-13,16H2,(H,23,27). The van der Waals surface area contributed by atoms with E-state index in [1.54, 1.807) is 6.07 Å². The van der Waals surface area contributed by atoms with E-state index in [0.717, 1.165) is 48.3 Å². The Morgan fingerprint density at radius 1 is 1.04 bits per heavy atom. The first-order valence-electron chi connectivity index (χ1n) is 10.1. The van der Waals surface area contributed by atoms with Crippen LogP contribution < -0.4 is 10.2 Å². The Hall–Kier alpha value is -2.18. The molecule has 1 aliphatic carbocycles. The molecule has 6 heteroatoms. The maximum absolute atomic E-state index is 12.2. The van der Waals surface area contributed by atoms with E-state index in [9.17, 15) is 9.59 Å². The molecule has 148 valence electrons. The summed E-state index contributed by atoms with van der Waals surface area (Å²) in [6.45, 7) is 5.53. The van der Waals surface area contributed by atoms with E-state index in [4.69, 9.17) is 0 Å². The maximum Gasteiger partial charge on any atom is 0.224 e. The van der Waals surface area contributed by atoms with Gasteiger partial charge < -0.3 is 10.2 Å². The second-order valence-corrected chi connectivity index (χ2v) is 8.68. The zero-order valence-corrected chi connectivity index (χ0v) is 16.9. The number of ketones is 1. The predicted molar refractivity (Wildman–Crippen MR) is 114 cm³/mol. The molecule has 1 saturated carbocycles. The summed E-state index contributed by atoms with van der Waals surface area (Å²) < 4.78 is 0. The van der Waals surface area contributed by atoms with E-state index in [1.165, 1.54) is 30.7 Å². The van der Waals surface area contributed by atoms with Gasteiger partial charge in [0.25, 0.3) is 0 Å². The summed E-state index contributed by atoms with van der Waals surface area (Å²) in [7, 11) is 0. The first-order valence-corrected chi connectivity index (χ1v) is 11.0. The molecule has 5 nitrogen and oxygen atoms in total. The van der Waals surface area contributed by atoms with Gasteiger partial charge in [-0.05, 0) is 48.4 Å². The molecule has 0 atom stereocenters. The van der Waals surface area contributed by atoms with Crippen LogP contribution in [0.1, 0.15) is 35.4 Å². The average molecular weight is 398 g/mol. The third-order valence-electron chi connectivity index (χ3n) is 5.46. The Bertz CT molecular complexity index is 809. The van der Waals surface area contributed by atoms with Crippen molar-refractivity contribution in [3.05, 3.63) is 46.7 Å². The lowest BCUT2D eigenvalue weighted by Gasteiger charge is -2.36. The minimum absolute atomic E-state index is 0.0305. The van der Waals surface area contributed by atoms with E-state index in [-0.39, 0.29) is 24.5 Å². The lowest BCUT2D eigenvalue weighted by molar-refractivity contribution is -0.116. The first kappa shape index (κ1) is 19.2. The van der Waals surface area contributed by atoms with Crippen molar-refractivity contribution < 1.29 is 9.59 Å². The molecule has 0 bridgehead atoms. The van der Waals surface area contributed by atoms with E-state index in [2.05, 4.69) is 21.2 Å². The zero-order chi connectivity index (χ0) is 19.3. The molecule has 1 saturated heterocycles. The van der Waals surface area contributed by atoms with E-state index in [1.807, 2.05) is 29.6 Å². The number of carbonyl (C=O) groups is 2. The number of anilines is 2. The van der Waals surface area contributed by atoms with Gasteiger partial charge in [-0.3, -0.25) is 14.5 Å². The number of nitrogens with one attached hydrogen (secondary N) is 1. The summed E-state index contributed by atoms with van der Waals surface area (Å²) >= 11 is 1.42. The van der Waals surface area contributed by atoms with Crippen LogP contribution in [0.3, 0.4) is 0 Å². The van der Waals surface area contributed by atoms with Crippen LogP contribution in [0.4, 0.5) is 11.4 Å². The maximum atomic E-state index is 12.2. The quantitative estimate of drug-likeness (QED) is 0.687. The molecule has 2 heterocycles. The van der Waals surface area contributed by atoms with Crippen LogP contribution in [0, 0.1) is 5.92 Å². The summed E-state index contributed by atoms with van der Waals surface area (Å²) in [5.74, 6) is 0.857. The molecule has 4 rings (SSSR count). The fraction of sp³-hybridized carbons (Fsp3) is 0.455.